The lowest BCUT2D eigenvalue weighted by Gasteiger charge is -2.25. The van der Waals surface area contributed by atoms with Crippen LogP contribution in [0.3, 0.4) is 0 Å². The molecule has 1 unspecified atom stereocenters. The number of amides is 1. The molecule has 1 aliphatic carbocycles. The van der Waals surface area contributed by atoms with Crippen LogP contribution in [0.15, 0.2) is 46.9 Å². The SMILES string of the molecule is CN(C(=O)c1cc(Br)ccc1F)C1CCc2ccccc21. The van der Waals surface area contributed by atoms with Crippen LogP contribution in [0.4, 0.5) is 4.39 Å². The van der Waals surface area contributed by atoms with Gasteiger partial charge >= 0.3 is 0 Å². The Hall–Kier alpha value is -1.68. The van der Waals surface area contributed by atoms with E-state index in [4.69, 9.17) is 0 Å². The lowest BCUT2D eigenvalue weighted by Crippen LogP contribution is -2.30. The smallest absolute Gasteiger partial charge is 0.257 e. The van der Waals surface area contributed by atoms with E-state index in [2.05, 4.69) is 22.0 Å². The lowest BCUT2D eigenvalue weighted by atomic mass is 10.1. The second kappa shape index (κ2) is 5.60. The van der Waals surface area contributed by atoms with Crippen LogP contribution >= 0.6 is 15.9 Å². The van der Waals surface area contributed by atoms with Crippen molar-refractivity contribution >= 4 is 21.8 Å². The van der Waals surface area contributed by atoms with Crippen molar-refractivity contribution in [2.24, 2.45) is 0 Å². The summed E-state index contributed by atoms with van der Waals surface area (Å²) in [7, 11) is 1.75. The molecule has 21 heavy (non-hydrogen) atoms. The van der Waals surface area contributed by atoms with Crippen molar-refractivity contribution in [3.8, 4) is 0 Å². The van der Waals surface area contributed by atoms with Crippen molar-refractivity contribution in [2.75, 3.05) is 7.05 Å². The number of benzene rings is 2. The third-order valence-electron chi connectivity index (χ3n) is 4.05. The highest BCUT2D eigenvalue weighted by Gasteiger charge is 2.29. The van der Waals surface area contributed by atoms with Gasteiger partial charge in [-0.2, -0.15) is 0 Å². The molecular weight excluding hydrogens is 333 g/mol. The molecule has 0 saturated carbocycles. The molecule has 0 bridgehead atoms. The largest absolute Gasteiger partial charge is 0.335 e. The van der Waals surface area contributed by atoms with Gasteiger partial charge in [0.2, 0.25) is 0 Å². The fourth-order valence-electron chi connectivity index (χ4n) is 2.93. The first-order valence-corrected chi connectivity index (χ1v) is 7.67. The lowest BCUT2D eigenvalue weighted by molar-refractivity contribution is 0.0726. The van der Waals surface area contributed by atoms with E-state index in [1.165, 1.54) is 23.3 Å². The molecule has 0 radical (unpaired) electrons. The number of halogens is 2. The molecule has 108 valence electrons. The Morgan fingerprint density at radius 2 is 2.05 bits per heavy atom. The number of fused-ring (bicyclic) bond motifs is 1. The van der Waals surface area contributed by atoms with Crippen molar-refractivity contribution in [3.63, 3.8) is 0 Å². The van der Waals surface area contributed by atoms with Crippen LogP contribution in [0, 0.1) is 5.82 Å². The average molecular weight is 348 g/mol. The summed E-state index contributed by atoms with van der Waals surface area (Å²) in [5.74, 6) is -0.767. The van der Waals surface area contributed by atoms with Crippen LogP contribution in [0.2, 0.25) is 0 Å². The standard InChI is InChI=1S/C17H15BrFNO/c1-20(16-9-6-11-4-2-3-5-13(11)16)17(21)14-10-12(18)7-8-15(14)19/h2-5,7-8,10,16H,6,9H2,1H3. The molecule has 0 N–H and O–H groups in total. The highest BCUT2D eigenvalue weighted by molar-refractivity contribution is 9.10. The van der Waals surface area contributed by atoms with E-state index in [9.17, 15) is 9.18 Å². The normalized spacial score (nSPS) is 16.6. The number of hydrogen-bond donors (Lipinski definition) is 0. The molecule has 0 aromatic heterocycles. The Morgan fingerprint density at radius 3 is 2.86 bits per heavy atom. The zero-order chi connectivity index (χ0) is 15.0. The summed E-state index contributed by atoms with van der Waals surface area (Å²) in [4.78, 5) is 14.2. The molecule has 2 nitrogen and oxygen atoms in total. The number of carbonyl (C=O) groups is 1. The van der Waals surface area contributed by atoms with Crippen LogP contribution < -0.4 is 0 Å². The zero-order valence-corrected chi connectivity index (χ0v) is 13.2. The molecule has 0 aliphatic heterocycles. The van der Waals surface area contributed by atoms with Gasteiger partial charge in [0.1, 0.15) is 5.82 Å². The minimum absolute atomic E-state index is 0.0204. The summed E-state index contributed by atoms with van der Waals surface area (Å²) in [5, 5.41) is 0. The Bertz CT molecular complexity index is 701. The zero-order valence-electron chi connectivity index (χ0n) is 11.6. The molecule has 4 heteroatoms. The van der Waals surface area contributed by atoms with E-state index >= 15 is 0 Å². The van der Waals surface area contributed by atoms with Crippen molar-refractivity contribution < 1.29 is 9.18 Å². The van der Waals surface area contributed by atoms with Crippen LogP contribution in [0.5, 0.6) is 0 Å². The summed E-state index contributed by atoms with van der Waals surface area (Å²) < 4.78 is 14.6. The topological polar surface area (TPSA) is 20.3 Å². The molecule has 2 aromatic rings. The number of carbonyl (C=O) groups excluding carboxylic acids is 1. The van der Waals surface area contributed by atoms with E-state index in [1.54, 1.807) is 18.0 Å². The second-order valence-electron chi connectivity index (χ2n) is 5.29. The second-order valence-corrected chi connectivity index (χ2v) is 6.21. The Balaban J connectivity index is 1.91. The van der Waals surface area contributed by atoms with Gasteiger partial charge in [-0.1, -0.05) is 40.2 Å². The van der Waals surface area contributed by atoms with Crippen molar-refractivity contribution in [3.05, 3.63) is 69.4 Å². The maximum absolute atomic E-state index is 13.9. The highest BCUT2D eigenvalue weighted by Crippen LogP contribution is 2.35. The Kier molecular flexibility index (Phi) is 3.81. The van der Waals surface area contributed by atoms with E-state index in [0.29, 0.717) is 4.47 Å². The van der Waals surface area contributed by atoms with Gasteiger partial charge in [0, 0.05) is 11.5 Å². The van der Waals surface area contributed by atoms with Gasteiger partial charge in [-0.05, 0) is 42.2 Å². The van der Waals surface area contributed by atoms with E-state index in [-0.39, 0.29) is 17.5 Å². The van der Waals surface area contributed by atoms with Gasteiger partial charge in [0.15, 0.2) is 0 Å². The summed E-state index contributed by atoms with van der Waals surface area (Å²) in [6.45, 7) is 0. The number of nitrogens with zero attached hydrogens (tertiary/aromatic N) is 1. The Morgan fingerprint density at radius 1 is 1.29 bits per heavy atom. The minimum atomic E-state index is -0.485. The summed E-state index contributed by atoms with van der Waals surface area (Å²) in [6.07, 6.45) is 1.84. The highest BCUT2D eigenvalue weighted by atomic mass is 79.9. The van der Waals surface area contributed by atoms with Gasteiger partial charge in [-0.25, -0.2) is 4.39 Å². The van der Waals surface area contributed by atoms with Crippen LogP contribution in [0.1, 0.15) is 33.9 Å². The van der Waals surface area contributed by atoms with Crippen molar-refractivity contribution in [1.29, 1.82) is 0 Å². The van der Waals surface area contributed by atoms with Crippen LogP contribution in [-0.2, 0) is 6.42 Å². The fourth-order valence-corrected chi connectivity index (χ4v) is 3.29. The number of rotatable bonds is 2. The van der Waals surface area contributed by atoms with Crippen molar-refractivity contribution in [1.82, 2.24) is 4.90 Å². The molecule has 1 atom stereocenters. The summed E-state index contributed by atoms with van der Waals surface area (Å²) in [6, 6.07) is 12.6. The number of hydrogen-bond acceptors (Lipinski definition) is 1. The Labute approximate surface area is 131 Å². The average Bonchev–Trinajstić information content (AvgIpc) is 2.92. The monoisotopic (exact) mass is 347 g/mol. The molecule has 3 rings (SSSR count). The van der Waals surface area contributed by atoms with Gasteiger partial charge < -0.3 is 4.90 Å². The molecule has 0 fully saturated rings. The number of aryl methyl sites for hydroxylation is 1. The first-order valence-electron chi connectivity index (χ1n) is 6.88. The molecule has 0 spiro atoms. The van der Waals surface area contributed by atoms with E-state index in [1.807, 2.05) is 18.2 Å². The molecule has 1 amide bonds. The van der Waals surface area contributed by atoms with Gasteiger partial charge in [0.25, 0.3) is 5.91 Å². The third-order valence-corrected chi connectivity index (χ3v) is 4.54. The molecular formula is C17H15BrFNO. The first-order chi connectivity index (χ1) is 10.1. The van der Waals surface area contributed by atoms with Crippen LogP contribution in [0.25, 0.3) is 0 Å². The quantitative estimate of drug-likeness (QED) is 0.790. The predicted octanol–water partition coefficient (Wildman–Crippen LogP) is 4.35. The first kappa shape index (κ1) is 14.3. The maximum Gasteiger partial charge on any atom is 0.257 e. The maximum atomic E-state index is 13.9. The molecule has 1 aliphatic rings. The van der Waals surface area contributed by atoms with Gasteiger partial charge in [-0.3, -0.25) is 4.79 Å². The van der Waals surface area contributed by atoms with Gasteiger partial charge in [0.05, 0.1) is 11.6 Å². The summed E-state index contributed by atoms with van der Waals surface area (Å²) >= 11 is 3.29. The molecule has 0 saturated heterocycles. The molecule has 0 heterocycles. The van der Waals surface area contributed by atoms with E-state index < -0.39 is 5.82 Å². The third kappa shape index (κ3) is 2.60. The molecule has 2 aromatic carbocycles. The minimum Gasteiger partial charge on any atom is -0.335 e. The van der Waals surface area contributed by atoms with E-state index in [0.717, 1.165) is 12.8 Å². The predicted molar refractivity (Wildman–Crippen MR) is 83.7 cm³/mol. The van der Waals surface area contributed by atoms with Gasteiger partial charge in [-0.15, -0.1) is 0 Å². The summed E-state index contributed by atoms with van der Waals surface area (Å²) in [5.41, 5.74) is 2.55. The van der Waals surface area contributed by atoms with Crippen LogP contribution in [-0.4, -0.2) is 17.9 Å². The van der Waals surface area contributed by atoms with Crippen molar-refractivity contribution in [2.45, 2.75) is 18.9 Å². The fraction of sp³-hybridized carbons (Fsp3) is 0.235.